The third-order valence-electron chi connectivity index (χ3n) is 5.96. The number of benzene rings is 2. The van der Waals surface area contributed by atoms with Crippen LogP contribution in [0.15, 0.2) is 56.4 Å². The summed E-state index contributed by atoms with van der Waals surface area (Å²) in [7, 11) is 1.30. The number of ether oxygens (including phenoxy) is 5. The highest BCUT2D eigenvalue weighted by molar-refractivity contribution is 9.10. The molecule has 0 unspecified atom stereocenters. The zero-order valence-corrected chi connectivity index (χ0v) is 25.4. The molecule has 4 rings (SSSR count). The quantitative estimate of drug-likeness (QED) is 0.290. The Kier molecular flexibility index (Phi) is 9.70. The van der Waals surface area contributed by atoms with E-state index in [1.165, 1.54) is 29.2 Å². The molecular weight excluding hydrogens is 600 g/mol. The number of methoxy groups -OCH3 is 1. The molecule has 0 N–H and O–H groups in total. The molecule has 3 aromatic rings. The number of aromatic nitrogens is 1. The number of rotatable bonds is 11. The van der Waals surface area contributed by atoms with Crippen LogP contribution in [-0.2, 0) is 9.53 Å². The Bertz CT molecular complexity index is 1610. The minimum Gasteiger partial charge on any atom is -0.490 e. The lowest BCUT2D eigenvalue weighted by molar-refractivity contribution is -0.136. The highest BCUT2D eigenvalue weighted by Crippen LogP contribution is 2.36. The van der Waals surface area contributed by atoms with Crippen molar-refractivity contribution in [3.05, 3.63) is 77.4 Å². The van der Waals surface area contributed by atoms with Crippen LogP contribution in [0.2, 0.25) is 0 Å². The Morgan fingerprint density at radius 3 is 2.17 bits per heavy atom. The molecule has 9 nitrogen and oxygen atoms in total. The largest absolute Gasteiger partial charge is 0.490 e. The van der Waals surface area contributed by atoms with E-state index in [2.05, 4.69) is 20.9 Å². The first kappa shape index (κ1) is 29.4. The zero-order chi connectivity index (χ0) is 28.8. The molecular formula is C29H31BrN2O7S. The van der Waals surface area contributed by atoms with Crippen molar-refractivity contribution in [1.29, 1.82) is 0 Å². The van der Waals surface area contributed by atoms with E-state index in [0.717, 1.165) is 10.0 Å². The lowest BCUT2D eigenvalue weighted by Crippen LogP contribution is -2.39. The maximum atomic E-state index is 13.9. The maximum absolute atomic E-state index is 13.9. The van der Waals surface area contributed by atoms with E-state index < -0.39 is 12.0 Å². The van der Waals surface area contributed by atoms with Crippen molar-refractivity contribution in [3.8, 4) is 23.0 Å². The van der Waals surface area contributed by atoms with Crippen molar-refractivity contribution in [1.82, 2.24) is 4.57 Å². The Morgan fingerprint density at radius 1 is 0.950 bits per heavy atom. The van der Waals surface area contributed by atoms with Gasteiger partial charge in [-0.3, -0.25) is 9.36 Å². The van der Waals surface area contributed by atoms with Gasteiger partial charge in [-0.2, -0.15) is 0 Å². The van der Waals surface area contributed by atoms with Crippen LogP contribution in [0.5, 0.6) is 23.0 Å². The highest BCUT2D eigenvalue weighted by atomic mass is 79.9. The van der Waals surface area contributed by atoms with E-state index in [0.29, 0.717) is 64.3 Å². The Balaban J connectivity index is 1.90. The molecule has 1 atom stereocenters. The van der Waals surface area contributed by atoms with Gasteiger partial charge in [-0.1, -0.05) is 33.3 Å². The smallest absolute Gasteiger partial charge is 0.337 e. The Labute approximate surface area is 244 Å². The second-order valence-corrected chi connectivity index (χ2v) is 10.3. The van der Waals surface area contributed by atoms with Gasteiger partial charge in [-0.15, -0.1) is 0 Å². The van der Waals surface area contributed by atoms with Gasteiger partial charge in [0.05, 0.1) is 49.7 Å². The Hall–Kier alpha value is -3.57. The third-order valence-corrected chi connectivity index (χ3v) is 7.64. The first-order valence-electron chi connectivity index (χ1n) is 12.9. The first-order valence-corrected chi connectivity index (χ1v) is 14.6. The number of thiazole rings is 1. The SMILES string of the molecule is CCOc1ccc([C@@H]2C(C(=O)OC)=CN=c3s/c(=C\c4cc(OCC)c(OCC)cc4Br)c(=O)n32)cc1OCC. The minimum atomic E-state index is -0.775. The van der Waals surface area contributed by atoms with Gasteiger partial charge in [0.2, 0.25) is 0 Å². The number of carbonyl (C=O) groups is 1. The van der Waals surface area contributed by atoms with Crippen LogP contribution < -0.4 is 33.8 Å². The number of halogens is 1. The fraction of sp³-hybridized carbons (Fsp3) is 0.345. The summed E-state index contributed by atoms with van der Waals surface area (Å²) in [5, 5.41) is 0. The van der Waals surface area contributed by atoms with Gasteiger partial charge >= 0.3 is 5.97 Å². The second-order valence-electron chi connectivity index (χ2n) is 8.43. The molecule has 2 aromatic carbocycles. The van der Waals surface area contributed by atoms with E-state index in [1.807, 2.05) is 45.9 Å². The van der Waals surface area contributed by atoms with Crippen LogP contribution in [0, 0.1) is 0 Å². The summed E-state index contributed by atoms with van der Waals surface area (Å²) < 4.78 is 30.7. The summed E-state index contributed by atoms with van der Waals surface area (Å²) in [4.78, 5) is 31.6. The molecule has 1 aliphatic rings. The number of fused-ring (bicyclic) bond motifs is 1. The molecule has 0 bridgehead atoms. The normalized spacial score (nSPS) is 14.6. The highest BCUT2D eigenvalue weighted by Gasteiger charge is 2.31. The summed E-state index contributed by atoms with van der Waals surface area (Å²) in [5.41, 5.74) is 1.33. The summed E-state index contributed by atoms with van der Waals surface area (Å²) in [6, 6.07) is 8.26. The summed E-state index contributed by atoms with van der Waals surface area (Å²) in [5.74, 6) is 1.71. The topological polar surface area (TPSA) is 97.6 Å². The molecule has 212 valence electrons. The molecule has 0 amide bonds. The molecule has 40 heavy (non-hydrogen) atoms. The van der Waals surface area contributed by atoms with Crippen molar-refractivity contribution >= 4 is 39.3 Å². The van der Waals surface area contributed by atoms with Crippen molar-refractivity contribution < 1.29 is 28.5 Å². The molecule has 2 heterocycles. The van der Waals surface area contributed by atoms with Gasteiger partial charge < -0.3 is 23.7 Å². The van der Waals surface area contributed by atoms with E-state index >= 15 is 0 Å². The van der Waals surface area contributed by atoms with Crippen molar-refractivity contribution in [2.75, 3.05) is 33.5 Å². The van der Waals surface area contributed by atoms with Gasteiger partial charge in [0.1, 0.15) is 0 Å². The van der Waals surface area contributed by atoms with E-state index in [-0.39, 0.29) is 11.1 Å². The molecule has 1 aliphatic heterocycles. The molecule has 11 heteroatoms. The zero-order valence-electron chi connectivity index (χ0n) is 23.0. The van der Waals surface area contributed by atoms with Crippen molar-refractivity contribution in [2.24, 2.45) is 4.99 Å². The first-order chi connectivity index (χ1) is 19.4. The molecule has 0 aliphatic carbocycles. The standard InChI is InChI=1S/C29H31BrN2O7S/c1-6-36-21-11-10-17(12-22(21)37-7-2)26-19(28(34)35-5)16-31-29-32(26)27(33)25(40-29)14-18-13-23(38-8-3)24(39-9-4)15-20(18)30/h10-16,26H,6-9H2,1-5H3/b25-14-/t26-/m1/s1. The lowest BCUT2D eigenvalue weighted by Gasteiger charge is -2.23. The number of esters is 1. The summed E-state index contributed by atoms with van der Waals surface area (Å²) in [6.07, 6.45) is 3.23. The predicted molar refractivity (Wildman–Crippen MR) is 156 cm³/mol. The van der Waals surface area contributed by atoms with Crippen LogP contribution in [-0.4, -0.2) is 44.1 Å². The summed E-state index contributed by atoms with van der Waals surface area (Å²) >= 11 is 4.82. The second kappa shape index (κ2) is 13.2. The molecule has 0 saturated heterocycles. The molecule has 1 aromatic heterocycles. The molecule has 0 saturated carbocycles. The summed E-state index contributed by atoms with van der Waals surface area (Å²) in [6.45, 7) is 9.41. The third kappa shape index (κ3) is 5.95. The van der Waals surface area contributed by atoms with Crippen LogP contribution >= 0.6 is 27.3 Å². The number of carbonyl (C=O) groups excluding carboxylic acids is 1. The monoisotopic (exact) mass is 630 g/mol. The van der Waals surface area contributed by atoms with Crippen LogP contribution in [0.1, 0.15) is 44.9 Å². The van der Waals surface area contributed by atoms with E-state index in [9.17, 15) is 9.59 Å². The lowest BCUT2D eigenvalue weighted by atomic mass is 9.97. The van der Waals surface area contributed by atoms with Gasteiger partial charge in [-0.25, -0.2) is 9.79 Å². The number of hydrogen-bond donors (Lipinski definition) is 0. The molecule has 0 radical (unpaired) electrons. The number of hydrogen-bond acceptors (Lipinski definition) is 9. The number of nitrogens with zero attached hydrogens (tertiary/aromatic N) is 2. The minimum absolute atomic E-state index is 0.230. The van der Waals surface area contributed by atoms with Gasteiger partial charge in [0, 0.05) is 10.7 Å². The maximum Gasteiger partial charge on any atom is 0.337 e. The van der Waals surface area contributed by atoms with Gasteiger partial charge in [0.15, 0.2) is 27.8 Å². The van der Waals surface area contributed by atoms with E-state index in [4.69, 9.17) is 23.7 Å². The van der Waals surface area contributed by atoms with Crippen LogP contribution in [0.3, 0.4) is 0 Å². The van der Waals surface area contributed by atoms with Crippen LogP contribution in [0.25, 0.3) is 6.08 Å². The Morgan fingerprint density at radius 2 is 1.55 bits per heavy atom. The average Bonchev–Trinajstić information content (AvgIpc) is 3.26. The fourth-order valence-corrected chi connectivity index (χ4v) is 5.72. The fourth-order valence-electron chi connectivity index (χ4n) is 4.33. The van der Waals surface area contributed by atoms with E-state index in [1.54, 1.807) is 18.2 Å². The van der Waals surface area contributed by atoms with Crippen molar-refractivity contribution in [2.45, 2.75) is 33.7 Å². The molecule has 0 fully saturated rings. The average molecular weight is 632 g/mol. The predicted octanol–water partition coefficient (Wildman–Crippen LogP) is 4.38. The van der Waals surface area contributed by atoms with Gasteiger partial charge in [0.25, 0.3) is 5.56 Å². The van der Waals surface area contributed by atoms with Gasteiger partial charge in [-0.05, 0) is 69.2 Å². The van der Waals surface area contributed by atoms with Crippen LogP contribution in [0.4, 0.5) is 0 Å². The van der Waals surface area contributed by atoms with Crippen molar-refractivity contribution in [3.63, 3.8) is 0 Å². The molecule has 0 spiro atoms.